The largest absolute Gasteiger partial charge is 0.469 e. The molecule has 0 aliphatic carbocycles. The molecule has 5 heteroatoms. The third kappa shape index (κ3) is 3.74. The van der Waals surface area contributed by atoms with Gasteiger partial charge in [0.05, 0.1) is 6.26 Å². The Morgan fingerprint density at radius 1 is 1.19 bits per heavy atom. The molecule has 0 amide bonds. The second kappa shape index (κ2) is 6.61. The number of hydrogen-bond acceptors (Lipinski definition) is 5. The molecule has 1 atom stereocenters. The fraction of sp³-hybridized carbons (Fsp3) is 0.500. The number of aromatic nitrogens is 2. The molecule has 0 radical (unpaired) electrons. The van der Waals surface area contributed by atoms with Crippen LogP contribution in [0.25, 0.3) is 0 Å². The number of anilines is 2. The average molecular weight is 288 g/mol. The van der Waals surface area contributed by atoms with Crippen LogP contribution in [0.3, 0.4) is 0 Å². The normalized spacial score (nSPS) is 12.5. The average Bonchev–Trinajstić information content (AvgIpc) is 2.93. The second-order valence-corrected chi connectivity index (χ2v) is 5.64. The SMILES string of the molecule is CNc1nc(C(C)C)nc(NC(C)Cc2ccco2)c1C. The molecule has 114 valence electrons. The first-order valence-corrected chi connectivity index (χ1v) is 7.36. The zero-order chi connectivity index (χ0) is 15.4. The van der Waals surface area contributed by atoms with Gasteiger partial charge in [-0.2, -0.15) is 0 Å². The zero-order valence-corrected chi connectivity index (χ0v) is 13.4. The maximum absolute atomic E-state index is 5.39. The third-order valence-corrected chi connectivity index (χ3v) is 3.39. The molecule has 0 fully saturated rings. The van der Waals surface area contributed by atoms with Gasteiger partial charge >= 0.3 is 0 Å². The first-order valence-electron chi connectivity index (χ1n) is 7.36. The van der Waals surface area contributed by atoms with Gasteiger partial charge in [-0.1, -0.05) is 13.8 Å². The molecule has 0 saturated carbocycles. The molecule has 1 unspecified atom stereocenters. The molecule has 0 spiro atoms. The molecular formula is C16H24N4O. The maximum Gasteiger partial charge on any atom is 0.135 e. The Morgan fingerprint density at radius 3 is 2.48 bits per heavy atom. The van der Waals surface area contributed by atoms with E-state index in [2.05, 4.69) is 41.4 Å². The summed E-state index contributed by atoms with van der Waals surface area (Å²) >= 11 is 0. The van der Waals surface area contributed by atoms with E-state index in [0.29, 0.717) is 5.92 Å². The fourth-order valence-electron chi connectivity index (χ4n) is 2.19. The topological polar surface area (TPSA) is 63.0 Å². The number of rotatable bonds is 6. The Hall–Kier alpha value is -2.04. The van der Waals surface area contributed by atoms with Crippen molar-refractivity contribution in [3.63, 3.8) is 0 Å². The van der Waals surface area contributed by atoms with Gasteiger partial charge in [-0.25, -0.2) is 9.97 Å². The van der Waals surface area contributed by atoms with Crippen molar-refractivity contribution in [2.45, 2.75) is 46.1 Å². The van der Waals surface area contributed by atoms with E-state index in [1.807, 2.05) is 26.1 Å². The molecule has 2 aromatic heterocycles. The minimum Gasteiger partial charge on any atom is -0.469 e. The van der Waals surface area contributed by atoms with Crippen LogP contribution in [0.2, 0.25) is 0 Å². The van der Waals surface area contributed by atoms with Gasteiger partial charge in [0.25, 0.3) is 0 Å². The number of nitrogens with zero attached hydrogens (tertiary/aromatic N) is 2. The Bertz CT molecular complexity index is 578. The predicted molar refractivity (Wildman–Crippen MR) is 85.9 cm³/mol. The van der Waals surface area contributed by atoms with E-state index in [1.54, 1.807) is 6.26 Å². The van der Waals surface area contributed by atoms with Crippen LogP contribution in [-0.4, -0.2) is 23.1 Å². The standard InChI is InChI=1S/C16H24N4O/c1-10(2)14-19-15(17-5)12(4)16(20-14)18-11(3)9-13-7-6-8-21-13/h6-8,10-11H,9H2,1-5H3,(H2,17,18,19,20). The minimum absolute atomic E-state index is 0.231. The fourth-order valence-corrected chi connectivity index (χ4v) is 2.19. The van der Waals surface area contributed by atoms with Crippen molar-refractivity contribution < 1.29 is 4.42 Å². The molecule has 0 saturated heterocycles. The van der Waals surface area contributed by atoms with Gasteiger partial charge in [-0.3, -0.25) is 0 Å². The van der Waals surface area contributed by atoms with Crippen molar-refractivity contribution in [2.75, 3.05) is 17.7 Å². The van der Waals surface area contributed by atoms with Gasteiger partial charge in [0.2, 0.25) is 0 Å². The number of furan rings is 1. The summed E-state index contributed by atoms with van der Waals surface area (Å²) in [5.74, 6) is 3.87. The highest BCUT2D eigenvalue weighted by Gasteiger charge is 2.14. The van der Waals surface area contributed by atoms with Gasteiger partial charge < -0.3 is 15.1 Å². The van der Waals surface area contributed by atoms with Crippen LogP contribution >= 0.6 is 0 Å². The van der Waals surface area contributed by atoms with Gasteiger partial charge in [0.1, 0.15) is 23.2 Å². The van der Waals surface area contributed by atoms with Crippen molar-refractivity contribution in [3.05, 3.63) is 35.5 Å². The van der Waals surface area contributed by atoms with Gasteiger partial charge in [-0.15, -0.1) is 0 Å². The smallest absolute Gasteiger partial charge is 0.135 e. The first-order chi connectivity index (χ1) is 10.0. The summed E-state index contributed by atoms with van der Waals surface area (Å²) in [4.78, 5) is 9.21. The number of hydrogen-bond donors (Lipinski definition) is 2. The van der Waals surface area contributed by atoms with E-state index in [0.717, 1.165) is 35.2 Å². The van der Waals surface area contributed by atoms with Crippen LogP contribution in [0.5, 0.6) is 0 Å². The van der Waals surface area contributed by atoms with E-state index < -0.39 is 0 Å². The van der Waals surface area contributed by atoms with Crippen molar-refractivity contribution in [1.82, 2.24) is 9.97 Å². The highest BCUT2D eigenvalue weighted by molar-refractivity contribution is 5.57. The minimum atomic E-state index is 0.231. The van der Waals surface area contributed by atoms with E-state index >= 15 is 0 Å². The highest BCUT2D eigenvalue weighted by Crippen LogP contribution is 2.23. The summed E-state index contributed by atoms with van der Waals surface area (Å²) in [6.45, 7) is 8.34. The summed E-state index contributed by atoms with van der Waals surface area (Å²) in [5.41, 5.74) is 1.04. The second-order valence-electron chi connectivity index (χ2n) is 5.64. The Morgan fingerprint density at radius 2 is 1.90 bits per heavy atom. The predicted octanol–water partition coefficient (Wildman–Crippen LogP) is 3.59. The first kappa shape index (κ1) is 15.4. The van der Waals surface area contributed by atoms with Crippen LogP contribution < -0.4 is 10.6 Å². The Labute approximate surface area is 126 Å². The lowest BCUT2D eigenvalue weighted by Gasteiger charge is -2.18. The van der Waals surface area contributed by atoms with E-state index in [9.17, 15) is 0 Å². The van der Waals surface area contributed by atoms with Crippen LogP contribution in [0.15, 0.2) is 22.8 Å². The van der Waals surface area contributed by atoms with Crippen LogP contribution in [0.1, 0.15) is 43.8 Å². The molecule has 2 heterocycles. The van der Waals surface area contributed by atoms with E-state index in [1.165, 1.54) is 0 Å². The van der Waals surface area contributed by atoms with Gasteiger partial charge in [0.15, 0.2) is 0 Å². The molecule has 0 aliphatic heterocycles. The van der Waals surface area contributed by atoms with E-state index in [-0.39, 0.29) is 6.04 Å². The molecule has 2 aromatic rings. The molecular weight excluding hydrogens is 264 g/mol. The van der Waals surface area contributed by atoms with Crippen molar-refractivity contribution in [2.24, 2.45) is 0 Å². The van der Waals surface area contributed by atoms with Crippen LogP contribution in [-0.2, 0) is 6.42 Å². The maximum atomic E-state index is 5.39. The summed E-state index contributed by atoms with van der Waals surface area (Å²) in [5, 5.41) is 6.61. The Balaban J connectivity index is 2.19. The lowest BCUT2D eigenvalue weighted by molar-refractivity contribution is 0.497. The summed E-state index contributed by atoms with van der Waals surface area (Å²) in [6, 6.07) is 4.13. The van der Waals surface area contributed by atoms with Gasteiger partial charge in [-0.05, 0) is 26.0 Å². The van der Waals surface area contributed by atoms with Crippen molar-refractivity contribution in [3.8, 4) is 0 Å². The summed E-state index contributed by atoms with van der Waals surface area (Å²) < 4.78 is 5.39. The van der Waals surface area contributed by atoms with E-state index in [4.69, 9.17) is 4.42 Å². The third-order valence-electron chi connectivity index (χ3n) is 3.39. The molecule has 2 rings (SSSR count). The van der Waals surface area contributed by atoms with Crippen molar-refractivity contribution in [1.29, 1.82) is 0 Å². The molecule has 0 aromatic carbocycles. The lowest BCUT2D eigenvalue weighted by atomic mass is 10.1. The zero-order valence-electron chi connectivity index (χ0n) is 13.4. The molecule has 2 N–H and O–H groups in total. The van der Waals surface area contributed by atoms with Crippen molar-refractivity contribution >= 4 is 11.6 Å². The monoisotopic (exact) mass is 288 g/mol. The lowest BCUT2D eigenvalue weighted by Crippen LogP contribution is -2.21. The van der Waals surface area contributed by atoms with Crippen LogP contribution in [0, 0.1) is 6.92 Å². The summed E-state index contributed by atoms with van der Waals surface area (Å²) in [6.07, 6.45) is 2.52. The molecule has 21 heavy (non-hydrogen) atoms. The molecule has 5 nitrogen and oxygen atoms in total. The number of nitrogens with one attached hydrogen (secondary N) is 2. The summed E-state index contributed by atoms with van der Waals surface area (Å²) in [7, 11) is 1.88. The Kier molecular flexibility index (Phi) is 4.83. The molecule has 0 bridgehead atoms. The van der Waals surface area contributed by atoms with Crippen LogP contribution in [0.4, 0.5) is 11.6 Å². The highest BCUT2D eigenvalue weighted by atomic mass is 16.3. The quantitative estimate of drug-likeness (QED) is 0.850. The van der Waals surface area contributed by atoms with Gasteiger partial charge in [0, 0.05) is 31.0 Å². The molecule has 0 aliphatic rings.